The second kappa shape index (κ2) is 9.43. The van der Waals surface area contributed by atoms with E-state index in [0.29, 0.717) is 12.0 Å². The molecule has 0 aliphatic heterocycles. The van der Waals surface area contributed by atoms with Crippen molar-refractivity contribution in [3.05, 3.63) is 35.1 Å². The van der Waals surface area contributed by atoms with Crippen LogP contribution in [0.4, 0.5) is 4.39 Å². The number of thioether (sulfide) groups is 1. The van der Waals surface area contributed by atoms with Gasteiger partial charge in [-0.15, -0.1) is 0 Å². The molecule has 0 spiro atoms. The van der Waals surface area contributed by atoms with E-state index in [1.54, 1.807) is 11.8 Å². The monoisotopic (exact) mass is 309 g/mol. The van der Waals surface area contributed by atoms with Crippen molar-refractivity contribution < 1.29 is 14.3 Å². The van der Waals surface area contributed by atoms with Crippen LogP contribution in [0, 0.1) is 17.7 Å². The number of hydrogen-bond acceptors (Lipinski definition) is 3. The van der Waals surface area contributed by atoms with Gasteiger partial charge in [0.2, 0.25) is 0 Å². The van der Waals surface area contributed by atoms with E-state index in [-0.39, 0.29) is 24.1 Å². The normalized spacial score (nSPS) is 11.4. The van der Waals surface area contributed by atoms with Gasteiger partial charge in [0.25, 0.3) is 5.91 Å². The first-order valence-electron chi connectivity index (χ1n) is 6.81. The summed E-state index contributed by atoms with van der Waals surface area (Å²) in [5.74, 6) is 5.58. The first-order chi connectivity index (χ1) is 10.1. The highest BCUT2D eigenvalue weighted by molar-refractivity contribution is 7.98. The maximum atomic E-state index is 13.4. The van der Waals surface area contributed by atoms with Crippen LogP contribution in [0.2, 0.25) is 0 Å². The molecule has 0 aliphatic rings. The molecule has 1 rings (SSSR count). The lowest BCUT2D eigenvalue weighted by atomic mass is 10.1. The fourth-order valence-corrected chi connectivity index (χ4v) is 2.47. The van der Waals surface area contributed by atoms with Crippen molar-refractivity contribution in [1.29, 1.82) is 0 Å². The lowest BCUT2D eigenvalue weighted by Gasteiger charge is -2.16. The van der Waals surface area contributed by atoms with Crippen molar-refractivity contribution in [2.45, 2.75) is 25.8 Å². The van der Waals surface area contributed by atoms with Crippen molar-refractivity contribution in [3.8, 4) is 11.8 Å². The number of hydrogen-bond donors (Lipinski definition) is 2. The molecular weight excluding hydrogens is 289 g/mol. The van der Waals surface area contributed by atoms with Gasteiger partial charge in [0.1, 0.15) is 5.82 Å². The molecule has 114 valence electrons. The summed E-state index contributed by atoms with van der Waals surface area (Å²) in [6.45, 7) is 1.95. The number of benzene rings is 1. The van der Waals surface area contributed by atoms with Crippen LogP contribution in [0.1, 0.15) is 35.7 Å². The van der Waals surface area contributed by atoms with E-state index in [1.165, 1.54) is 18.2 Å². The molecule has 1 aromatic rings. The molecule has 0 saturated heterocycles. The largest absolute Gasteiger partial charge is 0.395 e. The smallest absolute Gasteiger partial charge is 0.252 e. The zero-order chi connectivity index (χ0) is 15.7. The molecule has 0 fully saturated rings. The molecule has 0 radical (unpaired) electrons. The maximum absolute atomic E-state index is 13.4. The summed E-state index contributed by atoms with van der Waals surface area (Å²) in [6.07, 6.45) is 3.11. The Balaban J connectivity index is 2.96. The Morgan fingerprint density at radius 2 is 2.29 bits per heavy atom. The Kier molecular flexibility index (Phi) is 7.88. The van der Waals surface area contributed by atoms with Gasteiger partial charge in [-0.2, -0.15) is 11.8 Å². The van der Waals surface area contributed by atoms with Gasteiger partial charge >= 0.3 is 0 Å². The Bertz CT molecular complexity index is 537. The van der Waals surface area contributed by atoms with Crippen LogP contribution in [0.25, 0.3) is 0 Å². The van der Waals surface area contributed by atoms with Crippen LogP contribution in [0.3, 0.4) is 0 Å². The van der Waals surface area contributed by atoms with Crippen LogP contribution in [0.5, 0.6) is 0 Å². The summed E-state index contributed by atoms with van der Waals surface area (Å²) < 4.78 is 13.4. The minimum atomic E-state index is -0.467. The van der Waals surface area contributed by atoms with Crippen molar-refractivity contribution >= 4 is 17.7 Å². The van der Waals surface area contributed by atoms with E-state index in [9.17, 15) is 9.18 Å². The molecule has 1 aromatic carbocycles. The van der Waals surface area contributed by atoms with E-state index < -0.39 is 5.82 Å². The zero-order valence-electron chi connectivity index (χ0n) is 12.3. The number of nitrogens with one attached hydrogen (secondary N) is 1. The average molecular weight is 309 g/mol. The van der Waals surface area contributed by atoms with Gasteiger partial charge in [0, 0.05) is 23.8 Å². The van der Waals surface area contributed by atoms with Crippen molar-refractivity contribution in [1.82, 2.24) is 5.32 Å². The van der Waals surface area contributed by atoms with Crippen molar-refractivity contribution in [3.63, 3.8) is 0 Å². The number of rotatable bonds is 6. The highest BCUT2D eigenvalue weighted by Crippen LogP contribution is 2.12. The van der Waals surface area contributed by atoms with E-state index in [4.69, 9.17) is 5.11 Å². The van der Waals surface area contributed by atoms with Crippen LogP contribution in [0.15, 0.2) is 18.2 Å². The fraction of sp³-hybridized carbons (Fsp3) is 0.438. The van der Waals surface area contributed by atoms with Crippen LogP contribution >= 0.6 is 11.8 Å². The molecule has 5 heteroatoms. The lowest BCUT2D eigenvalue weighted by molar-refractivity contribution is 0.0939. The Morgan fingerprint density at radius 3 is 2.90 bits per heavy atom. The number of halogens is 1. The highest BCUT2D eigenvalue weighted by atomic mass is 32.2. The second-order valence-corrected chi connectivity index (χ2v) is 5.41. The summed E-state index contributed by atoms with van der Waals surface area (Å²) in [5, 5.41) is 11.6. The second-order valence-electron chi connectivity index (χ2n) is 4.50. The molecule has 0 bridgehead atoms. The summed E-state index contributed by atoms with van der Waals surface area (Å²) >= 11 is 1.65. The van der Waals surface area contributed by atoms with Crippen LogP contribution < -0.4 is 5.32 Å². The number of aliphatic hydroxyl groups is 1. The van der Waals surface area contributed by atoms with E-state index >= 15 is 0 Å². The molecule has 0 saturated carbocycles. The predicted molar refractivity (Wildman–Crippen MR) is 84.9 cm³/mol. The fourth-order valence-electron chi connectivity index (χ4n) is 1.75. The number of aliphatic hydroxyl groups excluding tert-OH is 1. The van der Waals surface area contributed by atoms with Crippen LogP contribution in [-0.2, 0) is 0 Å². The molecule has 0 aromatic heterocycles. The summed E-state index contributed by atoms with van der Waals surface area (Å²) in [7, 11) is 0. The van der Waals surface area contributed by atoms with Crippen LogP contribution in [-0.4, -0.2) is 35.7 Å². The topological polar surface area (TPSA) is 49.3 Å². The minimum Gasteiger partial charge on any atom is -0.395 e. The van der Waals surface area contributed by atoms with E-state index in [1.807, 2.05) is 13.2 Å². The molecular formula is C16H20FNO2S. The van der Waals surface area contributed by atoms with Gasteiger partial charge in [-0.3, -0.25) is 4.79 Å². The molecule has 3 nitrogen and oxygen atoms in total. The molecule has 21 heavy (non-hydrogen) atoms. The van der Waals surface area contributed by atoms with Gasteiger partial charge in [-0.05, 0) is 30.9 Å². The van der Waals surface area contributed by atoms with Crippen molar-refractivity contribution in [2.75, 3.05) is 18.6 Å². The summed E-state index contributed by atoms with van der Waals surface area (Å²) in [6, 6.07) is 4.02. The van der Waals surface area contributed by atoms with Gasteiger partial charge in [0.05, 0.1) is 12.2 Å². The Morgan fingerprint density at radius 1 is 1.52 bits per heavy atom. The van der Waals surface area contributed by atoms with Gasteiger partial charge in [-0.1, -0.05) is 18.8 Å². The Labute approximate surface area is 129 Å². The van der Waals surface area contributed by atoms with Gasteiger partial charge in [0.15, 0.2) is 0 Å². The maximum Gasteiger partial charge on any atom is 0.252 e. The Hall–Kier alpha value is -1.51. The summed E-state index contributed by atoms with van der Waals surface area (Å²) in [4.78, 5) is 12.3. The van der Waals surface area contributed by atoms with Gasteiger partial charge in [-0.25, -0.2) is 4.39 Å². The molecule has 1 atom stereocenters. The third-order valence-electron chi connectivity index (χ3n) is 2.88. The molecule has 0 heterocycles. The van der Waals surface area contributed by atoms with E-state index in [0.717, 1.165) is 12.2 Å². The third kappa shape index (κ3) is 5.78. The lowest BCUT2D eigenvalue weighted by Crippen LogP contribution is -2.36. The zero-order valence-corrected chi connectivity index (χ0v) is 13.1. The number of carbonyl (C=O) groups is 1. The molecule has 1 unspecified atom stereocenters. The first kappa shape index (κ1) is 17.5. The number of amides is 1. The third-order valence-corrected chi connectivity index (χ3v) is 3.62. The SMILES string of the molecule is CCC(CSC)NC(=O)c1cc(F)ccc1C#CCCO. The average Bonchev–Trinajstić information content (AvgIpc) is 2.48. The first-order valence-corrected chi connectivity index (χ1v) is 8.20. The standard InChI is InChI=1S/C16H20FNO2S/c1-3-14(11-21-2)18-16(20)15-10-13(17)8-7-12(15)6-4-5-9-19/h7-8,10,14,19H,3,5,9,11H2,1-2H3,(H,18,20). The van der Waals surface area contributed by atoms with Crippen molar-refractivity contribution in [2.24, 2.45) is 0 Å². The molecule has 0 aliphatic carbocycles. The van der Waals surface area contributed by atoms with E-state index in [2.05, 4.69) is 17.2 Å². The predicted octanol–water partition coefficient (Wildman–Crippen LogP) is 2.43. The summed E-state index contributed by atoms with van der Waals surface area (Å²) in [5.41, 5.74) is 0.710. The highest BCUT2D eigenvalue weighted by Gasteiger charge is 2.15. The number of carbonyl (C=O) groups excluding carboxylic acids is 1. The van der Waals surface area contributed by atoms with Gasteiger partial charge < -0.3 is 10.4 Å². The molecule has 1 amide bonds. The molecule has 2 N–H and O–H groups in total. The quantitative estimate of drug-likeness (QED) is 0.794. The minimum absolute atomic E-state index is 0.0403.